The smallest absolute Gasteiger partial charge is 0.239 e. The molecule has 1 aromatic heterocycles. The standard InChI is InChI=1S/C16H27N5O3/c1-4-5-17-16(23)13(3)21-8-6-20(7-9-21)11-15(22)18-14-10-12(2)24-19-14/h10,13H,4-9,11H2,1-3H3,(H,17,23)(H,18,19,22). The quantitative estimate of drug-likeness (QED) is 0.751. The minimum absolute atomic E-state index is 0.0736. The number of amides is 2. The van der Waals surface area contributed by atoms with Crippen LogP contribution in [0.25, 0.3) is 0 Å². The zero-order valence-electron chi connectivity index (χ0n) is 14.7. The Morgan fingerprint density at radius 1 is 1.33 bits per heavy atom. The normalized spacial score (nSPS) is 17.5. The van der Waals surface area contributed by atoms with Gasteiger partial charge in [-0.2, -0.15) is 0 Å². The Balaban J connectivity index is 1.72. The van der Waals surface area contributed by atoms with Gasteiger partial charge in [0, 0.05) is 38.8 Å². The Morgan fingerprint density at radius 2 is 2.04 bits per heavy atom. The molecule has 134 valence electrons. The summed E-state index contributed by atoms with van der Waals surface area (Å²) in [5.41, 5.74) is 0. The summed E-state index contributed by atoms with van der Waals surface area (Å²) in [5.74, 6) is 1.07. The zero-order chi connectivity index (χ0) is 17.5. The van der Waals surface area contributed by atoms with E-state index in [1.165, 1.54) is 0 Å². The molecule has 1 unspecified atom stereocenters. The van der Waals surface area contributed by atoms with Crippen LogP contribution in [-0.4, -0.2) is 72.1 Å². The van der Waals surface area contributed by atoms with Crippen LogP contribution in [0.1, 0.15) is 26.0 Å². The van der Waals surface area contributed by atoms with Gasteiger partial charge in [0.25, 0.3) is 0 Å². The second-order valence-corrected chi connectivity index (χ2v) is 6.15. The first-order chi connectivity index (χ1) is 11.5. The largest absolute Gasteiger partial charge is 0.360 e. The number of hydrogen-bond donors (Lipinski definition) is 2. The van der Waals surface area contributed by atoms with Crippen LogP contribution in [0.4, 0.5) is 5.82 Å². The molecule has 8 nitrogen and oxygen atoms in total. The van der Waals surface area contributed by atoms with Gasteiger partial charge in [-0.25, -0.2) is 0 Å². The summed E-state index contributed by atoms with van der Waals surface area (Å²) in [6, 6.07) is 1.55. The molecule has 1 aromatic rings. The fourth-order valence-corrected chi connectivity index (χ4v) is 2.68. The van der Waals surface area contributed by atoms with E-state index in [1.807, 2.05) is 13.8 Å². The maximum atomic E-state index is 12.0. The summed E-state index contributed by atoms with van der Waals surface area (Å²) in [6.07, 6.45) is 0.937. The Labute approximate surface area is 142 Å². The topological polar surface area (TPSA) is 90.7 Å². The van der Waals surface area contributed by atoms with Gasteiger partial charge in [-0.15, -0.1) is 0 Å². The van der Waals surface area contributed by atoms with Crippen molar-refractivity contribution in [1.82, 2.24) is 20.3 Å². The van der Waals surface area contributed by atoms with Crippen molar-refractivity contribution in [3.63, 3.8) is 0 Å². The first-order valence-corrected chi connectivity index (χ1v) is 8.47. The van der Waals surface area contributed by atoms with Crippen LogP contribution in [0.15, 0.2) is 10.6 Å². The van der Waals surface area contributed by atoms with Crippen LogP contribution in [0.2, 0.25) is 0 Å². The van der Waals surface area contributed by atoms with Gasteiger partial charge >= 0.3 is 0 Å². The molecule has 2 N–H and O–H groups in total. The first kappa shape index (κ1) is 18.4. The molecule has 1 fully saturated rings. The monoisotopic (exact) mass is 337 g/mol. The molecule has 8 heteroatoms. The van der Waals surface area contributed by atoms with Gasteiger partial charge in [-0.05, 0) is 20.3 Å². The average molecular weight is 337 g/mol. The fourth-order valence-electron chi connectivity index (χ4n) is 2.68. The summed E-state index contributed by atoms with van der Waals surface area (Å²) in [5, 5.41) is 9.40. The highest BCUT2D eigenvalue weighted by molar-refractivity contribution is 5.91. The number of nitrogens with zero attached hydrogens (tertiary/aromatic N) is 3. The molecular weight excluding hydrogens is 310 g/mol. The Kier molecular flexibility index (Phi) is 6.74. The van der Waals surface area contributed by atoms with Crippen molar-refractivity contribution in [3.8, 4) is 0 Å². The number of carbonyl (C=O) groups is 2. The lowest BCUT2D eigenvalue weighted by molar-refractivity contribution is -0.127. The van der Waals surface area contributed by atoms with Crippen LogP contribution in [0.3, 0.4) is 0 Å². The highest BCUT2D eigenvalue weighted by atomic mass is 16.5. The number of carbonyl (C=O) groups excluding carboxylic acids is 2. The van der Waals surface area contributed by atoms with Gasteiger partial charge in [0.15, 0.2) is 5.82 Å². The van der Waals surface area contributed by atoms with Gasteiger partial charge in [-0.1, -0.05) is 12.1 Å². The van der Waals surface area contributed by atoms with Crippen molar-refractivity contribution in [1.29, 1.82) is 0 Å². The van der Waals surface area contributed by atoms with Gasteiger partial charge in [0.05, 0.1) is 12.6 Å². The SMILES string of the molecule is CCCNC(=O)C(C)N1CCN(CC(=O)Nc2cc(C)on2)CC1. The van der Waals surface area contributed by atoms with E-state index in [2.05, 4.69) is 25.6 Å². The van der Waals surface area contributed by atoms with Crippen LogP contribution < -0.4 is 10.6 Å². The van der Waals surface area contributed by atoms with E-state index in [9.17, 15) is 9.59 Å². The lowest BCUT2D eigenvalue weighted by atomic mass is 10.2. The zero-order valence-corrected chi connectivity index (χ0v) is 14.7. The number of hydrogen-bond acceptors (Lipinski definition) is 6. The molecule has 2 heterocycles. The molecule has 0 aromatic carbocycles. The fraction of sp³-hybridized carbons (Fsp3) is 0.688. The second-order valence-electron chi connectivity index (χ2n) is 6.15. The molecule has 0 bridgehead atoms. The number of aryl methyl sites for hydroxylation is 1. The van der Waals surface area contributed by atoms with Gasteiger partial charge in [0.2, 0.25) is 11.8 Å². The van der Waals surface area contributed by atoms with Crippen LogP contribution in [0.5, 0.6) is 0 Å². The predicted molar refractivity (Wildman–Crippen MR) is 90.6 cm³/mol. The molecule has 1 aliphatic rings. The summed E-state index contributed by atoms with van der Waals surface area (Å²) in [6.45, 7) is 9.84. The molecule has 2 rings (SSSR count). The molecule has 1 atom stereocenters. The van der Waals surface area contributed by atoms with Gasteiger partial charge in [0.1, 0.15) is 5.76 Å². The summed E-state index contributed by atoms with van der Waals surface area (Å²) in [7, 11) is 0. The number of anilines is 1. The highest BCUT2D eigenvalue weighted by Crippen LogP contribution is 2.09. The van der Waals surface area contributed by atoms with E-state index in [0.717, 1.165) is 32.6 Å². The maximum Gasteiger partial charge on any atom is 0.239 e. The second kappa shape index (κ2) is 8.79. The Morgan fingerprint density at radius 3 is 2.62 bits per heavy atom. The number of nitrogens with one attached hydrogen (secondary N) is 2. The number of piperazine rings is 1. The summed E-state index contributed by atoms with van der Waals surface area (Å²) >= 11 is 0. The van der Waals surface area contributed by atoms with E-state index in [-0.39, 0.29) is 17.9 Å². The van der Waals surface area contributed by atoms with E-state index in [0.29, 0.717) is 24.7 Å². The van der Waals surface area contributed by atoms with Crippen molar-refractivity contribution in [2.24, 2.45) is 0 Å². The molecule has 1 saturated heterocycles. The Bertz CT molecular complexity index is 552. The first-order valence-electron chi connectivity index (χ1n) is 8.47. The van der Waals surface area contributed by atoms with Crippen molar-refractivity contribution >= 4 is 17.6 Å². The third kappa shape index (κ3) is 5.31. The lowest BCUT2D eigenvalue weighted by Crippen LogP contribution is -2.54. The molecule has 24 heavy (non-hydrogen) atoms. The van der Waals surface area contributed by atoms with E-state index >= 15 is 0 Å². The van der Waals surface area contributed by atoms with Crippen molar-refractivity contribution < 1.29 is 14.1 Å². The van der Waals surface area contributed by atoms with Crippen LogP contribution in [0, 0.1) is 6.92 Å². The molecule has 1 aliphatic heterocycles. The van der Waals surface area contributed by atoms with Crippen molar-refractivity contribution in [3.05, 3.63) is 11.8 Å². The minimum Gasteiger partial charge on any atom is -0.360 e. The van der Waals surface area contributed by atoms with E-state index in [4.69, 9.17) is 4.52 Å². The summed E-state index contributed by atoms with van der Waals surface area (Å²) in [4.78, 5) is 28.3. The molecular formula is C16H27N5O3. The van der Waals surface area contributed by atoms with Gasteiger partial charge in [-0.3, -0.25) is 19.4 Å². The molecule has 2 amide bonds. The summed E-state index contributed by atoms with van der Waals surface area (Å²) < 4.78 is 4.92. The molecule has 0 radical (unpaired) electrons. The maximum absolute atomic E-state index is 12.0. The number of aromatic nitrogens is 1. The Hall–Kier alpha value is -1.93. The minimum atomic E-state index is -0.134. The van der Waals surface area contributed by atoms with E-state index in [1.54, 1.807) is 13.0 Å². The van der Waals surface area contributed by atoms with Gasteiger partial charge < -0.3 is 15.2 Å². The van der Waals surface area contributed by atoms with Crippen LogP contribution >= 0.6 is 0 Å². The van der Waals surface area contributed by atoms with Crippen molar-refractivity contribution in [2.45, 2.75) is 33.2 Å². The van der Waals surface area contributed by atoms with E-state index < -0.39 is 0 Å². The predicted octanol–water partition coefficient (Wildman–Crippen LogP) is 0.454. The third-order valence-corrected chi connectivity index (χ3v) is 4.15. The van der Waals surface area contributed by atoms with Crippen LogP contribution in [-0.2, 0) is 9.59 Å². The molecule has 0 spiro atoms. The molecule has 0 saturated carbocycles. The van der Waals surface area contributed by atoms with Crippen molar-refractivity contribution in [2.75, 3.05) is 44.6 Å². The average Bonchev–Trinajstić information content (AvgIpc) is 2.97. The highest BCUT2D eigenvalue weighted by Gasteiger charge is 2.26. The third-order valence-electron chi connectivity index (χ3n) is 4.15. The molecule has 0 aliphatic carbocycles. The number of rotatable bonds is 7. The lowest BCUT2D eigenvalue weighted by Gasteiger charge is -2.37.